The van der Waals surface area contributed by atoms with Crippen LogP contribution < -0.4 is 10.1 Å². The van der Waals surface area contributed by atoms with E-state index >= 15 is 0 Å². The Morgan fingerprint density at radius 2 is 1.90 bits per heavy atom. The molecule has 3 heteroatoms. The maximum atomic E-state index is 5.28. The first-order valence-corrected chi connectivity index (χ1v) is 7.95. The molecule has 1 heterocycles. The monoisotopic (exact) mass is 297 g/mol. The molecule has 0 fully saturated rings. The molecule has 0 saturated carbocycles. The normalized spacial score (nSPS) is 12.5. The Hall–Kier alpha value is -1.84. The molecule has 3 rings (SSSR count). The van der Waals surface area contributed by atoms with Gasteiger partial charge in [-0.15, -0.1) is 11.3 Å². The van der Waals surface area contributed by atoms with Crippen LogP contribution in [0.15, 0.2) is 53.9 Å². The molecule has 21 heavy (non-hydrogen) atoms. The van der Waals surface area contributed by atoms with Crippen molar-refractivity contribution in [2.24, 2.45) is 0 Å². The topological polar surface area (TPSA) is 21.3 Å². The zero-order valence-electron chi connectivity index (χ0n) is 12.3. The molecule has 0 spiro atoms. The lowest BCUT2D eigenvalue weighted by Crippen LogP contribution is -2.17. The van der Waals surface area contributed by atoms with Gasteiger partial charge in [0.1, 0.15) is 5.75 Å². The molecule has 2 nitrogen and oxygen atoms in total. The molecule has 0 aliphatic rings. The van der Waals surface area contributed by atoms with Crippen molar-refractivity contribution in [1.82, 2.24) is 5.32 Å². The van der Waals surface area contributed by atoms with Crippen LogP contribution in [0.4, 0.5) is 0 Å². The molecular weight excluding hydrogens is 278 g/mol. The molecule has 0 aliphatic carbocycles. The van der Waals surface area contributed by atoms with Crippen LogP contribution in [0.5, 0.6) is 5.75 Å². The van der Waals surface area contributed by atoms with Crippen LogP contribution in [0.2, 0.25) is 0 Å². The van der Waals surface area contributed by atoms with E-state index in [0.29, 0.717) is 6.04 Å². The number of hydrogen-bond donors (Lipinski definition) is 1. The number of thiophene rings is 1. The Morgan fingerprint density at radius 1 is 1.10 bits per heavy atom. The van der Waals surface area contributed by atoms with Gasteiger partial charge in [0, 0.05) is 16.3 Å². The third kappa shape index (κ3) is 3.09. The fourth-order valence-corrected chi connectivity index (χ4v) is 3.54. The number of fused-ring (bicyclic) bond motifs is 1. The van der Waals surface area contributed by atoms with Crippen molar-refractivity contribution in [2.45, 2.75) is 12.5 Å². The molecule has 1 unspecified atom stereocenters. The summed E-state index contributed by atoms with van der Waals surface area (Å²) in [7, 11) is 3.72. The number of likely N-dealkylation sites (N-methyl/N-ethyl adjacent to an activating group) is 1. The molecular formula is C18H19NOS. The van der Waals surface area contributed by atoms with Crippen molar-refractivity contribution in [1.29, 1.82) is 0 Å². The SMILES string of the molecule is CNC(Cc1ccc2ccccc2c1)c1cc(OC)cs1. The summed E-state index contributed by atoms with van der Waals surface area (Å²) >= 11 is 1.74. The number of benzene rings is 2. The molecule has 0 aliphatic heterocycles. The summed E-state index contributed by atoms with van der Waals surface area (Å²) in [6.07, 6.45) is 0.977. The molecule has 108 valence electrons. The van der Waals surface area contributed by atoms with Crippen molar-refractivity contribution >= 4 is 22.1 Å². The zero-order valence-corrected chi connectivity index (χ0v) is 13.1. The third-order valence-corrected chi connectivity index (χ3v) is 4.80. The second-order valence-corrected chi connectivity index (χ2v) is 6.06. The largest absolute Gasteiger partial charge is 0.496 e. The Morgan fingerprint density at radius 3 is 2.62 bits per heavy atom. The van der Waals surface area contributed by atoms with Crippen molar-refractivity contribution in [3.63, 3.8) is 0 Å². The Bertz CT molecular complexity index is 735. The number of rotatable bonds is 5. The van der Waals surface area contributed by atoms with E-state index < -0.39 is 0 Å². The van der Waals surface area contributed by atoms with E-state index in [9.17, 15) is 0 Å². The highest BCUT2D eigenvalue weighted by molar-refractivity contribution is 7.10. The van der Waals surface area contributed by atoms with Gasteiger partial charge >= 0.3 is 0 Å². The lowest BCUT2D eigenvalue weighted by atomic mass is 10.0. The lowest BCUT2D eigenvalue weighted by Gasteiger charge is -2.15. The average Bonchev–Trinajstić information content (AvgIpc) is 3.01. The summed E-state index contributed by atoms with van der Waals surface area (Å²) in [4.78, 5) is 1.31. The van der Waals surface area contributed by atoms with Gasteiger partial charge in [0.05, 0.1) is 7.11 Å². The molecule has 2 aromatic carbocycles. The van der Waals surface area contributed by atoms with E-state index in [0.717, 1.165) is 12.2 Å². The van der Waals surface area contributed by atoms with Crippen molar-refractivity contribution < 1.29 is 4.74 Å². The molecule has 0 amide bonds. The smallest absolute Gasteiger partial charge is 0.129 e. The van der Waals surface area contributed by atoms with Crippen LogP contribution in [-0.2, 0) is 6.42 Å². The first kappa shape index (κ1) is 14.1. The molecule has 0 radical (unpaired) electrons. The van der Waals surface area contributed by atoms with Gasteiger partial charge in [0.25, 0.3) is 0 Å². The maximum absolute atomic E-state index is 5.28. The van der Waals surface area contributed by atoms with Crippen molar-refractivity contribution in [3.05, 3.63) is 64.4 Å². The van der Waals surface area contributed by atoms with Gasteiger partial charge in [0.15, 0.2) is 0 Å². The van der Waals surface area contributed by atoms with Crippen LogP contribution in [0.3, 0.4) is 0 Å². The first-order valence-electron chi connectivity index (χ1n) is 7.07. The van der Waals surface area contributed by atoms with E-state index in [1.54, 1.807) is 18.4 Å². The van der Waals surface area contributed by atoms with Gasteiger partial charge in [-0.05, 0) is 35.9 Å². The summed E-state index contributed by atoms with van der Waals surface area (Å²) in [5.74, 6) is 0.939. The van der Waals surface area contributed by atoms with Crippen molar-refractivity contribution in [2.75, 3.05) is 14.2 Å². The minimum atomic E-state index is 0.320. The first-order chi connectivity index (χ1) is 10.3. The highest BCUT2D eigenvalue weighted by Crippen LogP contribution is 2.29. The summed E-state index contributed by atoms with van der Waals surface area (Å²) < 4.78 is 5.28. The van der Waals surface area contributed by atoms with Gasteiger partial charge in [-0.2, -0.15) is 0 Å². The summed E-state index contributed by atoms with van der Waals surface area (Å²) in [6, 6.07) is 17.6. The van der Waals surface area contributed by atoms with Crippen LogP contribution in [-0.4, -0.2) is 14.2 Å². The van der Waals surface area contributed by atoms with Gasteiger partial charge in [-0.1, -0.05) is 42.5 Å². The van der Waals surface area contributed by atoms with Gasteiger partial charge in [-0.25, -0.2) is 0 Å². The predicted octanol–water partition coefficient (Wildman–Crippen LogP) is 4.41. The second-order valence-electron chi connectivity index (χ2n) is 5.12. The molecule has 0 saturated heterocycles. The second kappa shape index (κ2) is 6.29. The van der Waals surface area contributed by atoms with Crippen LogP contribution in [0.1, 0.15) is 16.5 Å². The molecule has 0 bridgehead atoms. The molecule has 1 N–H and O–H groups in total. The van der Waals surface area contributed by atoms with Gasteiger partial charge in [-0.3, -0.25) is 0 Å². The molecule has 3 aromatic rings. The van der Waals surface area contributed by atoms with E-state index in [2.05, 4.69) is 59.2 Å². The van der Waals surface area contributed by atoms with Crippen LogP contribution in [0, 0.1) is 0 Å². The average molecular weight is 297 g/mol. The Labute approximate surface area is 129 Å². The minimum Gasteiger partial charge on any atom is -0.496 e. The van der Waals surface area contributed by atoms with E-state index in [4.69, 9.17) is 4.74 Å². The summed E-state index contributed by atoms with van der Waals surface area (Å²) in [5.41, 5.74) is 1.35. The minimum absolute atomic E-state index is 0.320. The highest BCUT2D eigenvalue weighted by Gasteiger charge is 2.13. The fraction of sp³-hybridized carbons (Fsp3) is 0.222. The van der Waals surface area contributed by atoms with E-state index in [-0.39, 0.29) is 0 Å². The molecule has 1 aromatic heterocycles. The lowest BCUT2D eigenvalue weighted by molar-refractivity contribution is 0.416. The zero-order chi connectivity index (χ0) is 14.7. The number of methoxy groups -OCH3 is 1. The molecule has 1 atom stereocenters. The van der Waals surface area contributed by atoms with E-state index in [1.807, 2.05) is 7.05 Å². The standard InChI is InChI=1S/C18H19NOS/c1-19-17(18-11-16(20-2)12-21-18)10-13-7-8-14-5-3-4-6-15(14)9-13/h3-9,11-12,17,19H,10H2,1-2H3. The number of nitrogens with one attached hydrogen (secondary N) is 1. The fourth-order valence-electron chi connectivity index (χ4n) is 2.57. The summed E-state index contributed by atoms with van der Waals surface area (Å²) in [6.45, 7) is 0. The van der Waals surface area contributed by atoms with Crippen LogP contribution >= 0.6 is 11.3 Å². The van der Waals surface area contributed by atoms with Gasteiger partial charge < -0.3 is 10.1 Å². The maximum Gasteiger partial charge on any atom is 0.129 e. The van der Waals surface area contributed by atoms with Crippen LogP contribution in [0.25, 0.3) is 10.8 Å². The quantitative estimate of drug-likeness (QED) is 0.753. The summed E-state index contributed by atoms with van der Waals surface area (Å²) in [5, 5.41) is 8.05. The third-order valence-electron chi connectivity index (χ3n) is 3.78. The number of hydrogen-bond acceptors (Lipinski definition) is 3. The highest BCUT2D eigenvalue weighted by atomic mass is 32.1. The Balaban J connectivity index is 1.84. The predicted molar refractivity (Wildman–Crippen MR) is 90.3 cm³/mol. The number of ether oxygens (including phenoxy) is 1. The Kier molecular flexibility index (Phi) is 4.23. The van der Waals surface area contributed by atoms with E-state index in [1.165, 1.54) is 21.2 Å². The van der Waals surface area contributed by atoms with Gasteiger partial charge in [0.2, 0.25) is 0 Å². The van der Waals surface area contributed by atoms with Crippen molar-refractivity contribution in [3.8, 4) is 5.75 Å².